The van der Waals surface area contributed by atoms with Crippen molar-refractivity contribution in [2.24, 2.45) is 0 Å². The number of aliphatic hydroxyl groups excluding tert-OH is 2. The normalized spacial score (nSPS) is 12.6. The summed E-state index contributed by atoms with van der Waals surface area (Å²) < 4.78 is 10.3. The summed E-state index contributed by atoms with van der Waals surface area (Å²) in [6.07, 6.45) is -0.663. The van der Waals surface area contributed by atoms with Crippen LogP contribution >= 0.6 is 0 Å². The fraction of sp³-hybridized carbons (Fsp3) is 0.500. The van der Waals surface area contributed by atoms with Gasteiger partial charge in [-0.15, -0.1) is 0 Å². The summed E-state index contributed by atoms with van der Waals surface area (Å²) in [6, 6.07) is 9.85. The molecule has 0 spiro atoms. The van der Waals surface area contributed by atoms with E-state index in [-0.39, 0.29) is 13.0 Å². The molecular formula is C12H18O4. The van der Waals surface area contributed by atoms with Crippen molar-refractivity contribution >= 4 is 0 Å². The lowest BCUT2D eigenvalue weighted by atomic mass is 10.2. The Morgan fingerprint density at radius 2 is 1.88 bits per heavy atom. The average Bonchev–Trinajstić information content (AvgIpc) is 2.30. The van der Waals surface area contributed by atoms with Gasteiger partial charge >= 0.3 is 0 Å². The zero-order chi connectivity index (χ0) is 11.6. The van der Waals surface area contributed by atoms with Gasteiger partial charge in [0.2, 0.25) is 0 Å². The summed E-state index contributed by atoms with van der Waals surface area (Å²) in [4.78, 5) is 0. The molecule has 2 N–H and O–H groups in total. The van der Waals surface area contributed by atoms with Crippen LogP contribution in [0.5, 0.6) is 0 Å². The van der Waals surface area contributed by atoms with E-state index in [1.165, 1.54) is 0 Å². The molecule has 1 rings (SSSR count). The Kier molecular flexibility index (Phi) is 6.76. The van der Waals surface area contributed by atoms with Crippen molar-refractivity contribution in [3.8, 4) is 0 Å². The maximum absolute atomic E-state index is 9.13. The molecule has 1 aromatic rings. The van der Waals surface area contributed by atoms with Gasteiger partial charge in [-0.05, 0) is 5.56 Å². The quantitative estimate of drug-likeness (QED) is 0.511. The lowest BCUT2D eigenvalue weighted by molar-refractivity contribution is -0.121. The highest BCUT2D eigenvalue weighted by atomic mass is 16.6. The summed E-state index contributed by atoms with van der Waals surface area (Å²) in [5.74, 6) is 0. The highest BCUT2D eigenvalue weighted by Gasteiger charge is 2.01. The van der Waals surface area contributed by atoms with Crippen molar-refractivity contribution in [2.45, 2.75) is 19.3 Å². The largest absolute Gasteiger partial charge is 0.396 e. The van der Waals surface area contributed by atoms with Crippen LogP contribution in [0, 0.1) is 0 Å². The molecule has 0 amide bonds. The predicted molar refractivity (Wildman–Crippen MR) is 59.8 cm³/mol. The molecule has 0 aliphatic carbocycles. The van der Waals surface area contributed by atoms with E-state index >= 15 is 0 Å². The first-order valence-electron chi connectivity index (χ1n) is 5.35. The summed E-state index contributed by atoms with van der Waals surface area (Å²) in [6.45, 7) is 1.22. The molecule has 4 heteroatoms. The van der Waals surface area contributed by atoms with Crippen molar-refractivity contribution in [2.75, 3.05) is 19.8 Å². The van der Waals surface area contributed by atoms with E-state index in [0.717, 1.165) is 5.56 Å². The van der Waals surface area contributed by atoms with E-state index < -0.39 is 6.29 Å². The lowest BCUT2D eigenvalue weighted by Gasteiger charge is -2.10. The Morgan fingerprint density at radius 1 is 1.12 bits per heavy atom. The monoisotopic (exact) mass is 226 g/mol. The Labute approximate surface area is 95.4 Å². The number of hydrogen-bond acceptors (Lipinski definition) is 4. The molecule has 0 aromatic heterocycles. The molecule has 1 unspecified atom stereocenters. The number of benzene rings is 1. The maximum Gasteiger partial charge on any atom is 0.156 e. The minimum absolute atomic E-state index is 0.0773. The molecule has 0 heterocycles. The van der Waals surface area contributed by atoms with Crippen LogP contribution in [0.4, 0.5) is 0 Å². The lowest BCUT2D eigenvalue weighted by Crippen LogP contribution is -2.16. The number of ether oxygens (including phenoxy) is 2. The van der Waals surface area contributed by atoms with Gasteiger partial charge in [-0.25, -0.2) is 0 Å². The number of hydrogen-bond donors (Lipinski definition) is 2. The van der Waals surface area contributed by atoms with Crippen LogP contribution in [-0.4, -0.2) is 36.3 Å². The van der Waals surface area contributed by atoms with E-state index in [1.807, 2.05) is 30.3 Å². The Morgan fingerprint density at radius 3 is 2.56 bits per heavy atom. The van der Waals surface area contributed by atoms with Gasteiger partial charge in [0.1, 0.15) is 0 Å². The van der Waals surface area contributed by atoms with Crippen LogP contribution in [-0.2, 0) is 16.1 Å². The number of aliphatic hydroxyl groups is 2. The summed E-state index contributed by atoms with van der Waals surface area (Å²) >= 11 is 0. The molecule has 0 radical (unpaired) electrons. The third-order valence-electron chi connectivity index (χ3n) is 2.03. The molecule has 0 aliphatic rings. The first-order valence-corrected chi connectivity index (χ1v) is 5.35. The van der Waals surface area contributed by atoms with Gasteiger partial charge in [0.25, 0.3) is 0 Å². The maximum atomic E-state index is 9.13. The highest BCUT2D eigenvalue weighted by molar-refractivity contribution is 5.13. The highest BCUT2D eigenvalue weighted by Crippen LogP contribution is 2.00. The SMILES string of the molecule is OCCC(O)OCCOCc1ccccc1. The molecule has 0 bridgehead atoms. The van der Waals surface area contributed by atoms with E-state index in [4.69, 9.17) is 19.7 Å². The molecule has 1 aromatic carbocycles. The summed E-state index contributed by atoms with van der Waals surface area (Å²) in [5, 5.41) is 17.6. The molecule has 16 heavy (non-hydrogen) atoms. The van der Waals surface area contributed by atoms with Crippen molar-refractivity contribution in [1.82, 2.24) is 0 Å². The molecule has 0 saturated carbocycles. The van der Waals surface area contributed by atoms with Gasteiger partial charge in [0, 0.05) is 13.0 Å². The van der Waals surface area contributed by atoms with Gasteiger partial charge in [0.15, 0.2) is 6.29 Å². The molecule has 0 aliphatic heterocycles. The average molecular weight is 226 g/mol. The molecule has 0 fully saturated rings. The minimum Gasteiger partial charge on any atom is -0.396 e. The van der Waals surface area contributed by atoms with Crippen LogP contribution in [0.25, 0.3) is 0 Å². The molecule has 0 saturated heterocycles. The van der Waals surface area contributed by atoms with Crippen molar-refractivity contribution in [3.05, 3.63) is 35.9 Å². The third-order valence-corrected chi connectivity index (χ3v) is 2.03. The second kappa shape index (κ2) is 8.24. The fourth-order valence-corrected chi connectivity index (χ4v) is 1.20. The molecule has 90 valence electrons. The Hall–Kier alpha value is -0.940. The first kappa shape index (κ1) is 13.1. The van der Waals surface area contributed by atoms with E-state index in [2.05, 4.69) is 0 Å². The van der Waals surface area contributed by atoms with Crippen molar-refractivity contribution in [3.63, 3.8) is 0 Å². The second-order valence-electron chi connectivity index (χ2n) is 3.38. The smallest absolute Gasteiger partial charge is 0.156 e. The number of rotatable bonds is 8. The molecule has 4 nitrogen and oxygen atoms in total. The zero-order valence-corrected chi connectivity index (χ0v) is 9.21. The topological polar surface area (TPSA) is 58.9 Å². The van der Waals surface area contributed by atoms with E-state index in [9.17, 15) is 0 Å². The molecule has 1 atom stereocenters. The first-order chi connectivity index (χ1) is 7.83. The van der Waals surface area contributed by atoms with Crippen LogP contribution < -0.4 is 0 Å². The van der Waals surface area contributed by atoms with Gasteiger partial charge in [-0.2, -0.15) is 0 Å². The van der Waals surface area contributed by atoms with Crippen molar-refractivity contribution < 1.29 is 19.7 Å². The molecular weight excluding hydrogens is 208 g/mol. The minimum atomic E-state index is -0.898. The second-order valence-corrected chi connectivity index (χ2v) is 3.38. The van der Waals surface area contributed by atoms with Crippen LogP contribution in [0.1, 0.15) is 12.0 Å². The van der Waals surface area contributed by atoms with Gasteiger partial charge in [0.05, 0.1) is 19.8 Å². The Bertz CT molecular complexity index is 263. The van der Waals surface area contributed by atoms with Gasteiger partial charge < -0.3 is 19.7 Å². The summed E-state index contributed by atoms with van der Waals surface area (Å²) in [7, 11) is 0. The van der Waals surface area contributed by atoms with E-state index in [1.54, 1.807) is 0 Å². The van der Waals surface area contributed by atoms with E-state index in [0.29, 0.717) is 19.8 Å². The fourth-order valence-electron chi connectivity index (χ4n) is 1.20. The van der Waals surface area contributed by atoms with Crippen LogP contribution in [0.15, 0.2) is 30.3 Å². The third kappa shape index (κ3) is 5.82. The Balaban J connectivity index is 2.00. The standard InChI is InChI=1S/C12H18O4/c13-7-6-12(14)16-9-8-15-10-11-4-2-1-3-5-11/h1-5,12-14H,6-10H2. The van der Waals surface area contributed by atoms with Gasteiger partial charge in [-0.3, -0.25) is 0 Å². The van der Waals surface area contributed by atoms with Gasteiger partial charge in [-0.1, -0.05) is 30.3 Å². The van der Waals surface area contributed by atoms with Crippen molar-refractivity contribution in [1.29, 1.82) is 0 Å². The zero-order valence-electron chi connectivity index (χ0n) is 9.21. The van der Waals surface area contributed by atoms with Crippen LogP contribution in [0.2, 0.25) is 0 Å². The predicted octanol–water partition coefficient (Wildman–Crippen LogP) is 0.921. The van der Waals surface area contributed by atoms with Crippen LogP contribution in [0.3, 0.4) is 0 Å². The summed E-state index contributed by atoms with van der Waals surface area (Å²) in [5.41, 5.74) is 1.11.